The summed E-state index contributed by atoms with van der Waals surface area (Å²) >= 11 is 1.72. The number of hydrogen-bond acceptors (Lipinski definition) is 4. The van der Waals surface area contributed by atoms with E-state index in [-0.39, 0.29) is 0 Å². The minimum Gasteiger partial charge on any atom is -0.497 e. The van der Waals surface area contributed by atoms with Gasteiger partial charge in [0.25, 0.3) is 0 Å². The van der Waals surface area contributed by atoms with Crippen molar-refractivity contribution in [2.24, 2.45) is 11.7 Å². The Labute approximate surface area is 118 Å². The molecule has 19 heavy (non-hydrogen) atoms. The van der Waals surface area contributed by atoms with E-state index in [2.05, 4.69) is 22.5 Å². The van der Waals surface area contributed by atoms with Crippen LogP contribution in [0.15, 0.2) is 29.6 Å². The number of ether oxygens (including phenoxy) is 1. The van der Waals surface area contributed by atoms with Crippen LogP contribution in [-0.4, -0.2) is 18.6 Å². The maximum Gasteiger partial charge on any atom is 0.119 e. The standard InChI is InChI=1S/C15H20N2OS/c1-11-10-19-15(17-11)8-13(9-16)6-12-4-3-5-14(7-12)18-2/h3-5,7,10,13H,6,8-9,16H2,1-2H3. The highest BCUT2D eigenvalue weighted by Crippen LogP contribution is 2.19. The Morgan fingerprint density at radius 3 is 2.84 bits per heavy atom. The molecule has 2 aromatic rings. The summed E-state index contributed by atoms with van der Waals surface area (Å²) in [6.45, 7) is 2.70. The lowest BCUT2D eigenvalue weighted by molar-refractivity contribution is 0.413. The van der Waals surface area contributed by atoms with Gasteiger partial charge in [0.05, 0.1) is 12.1 Å². The summed E-state index contributed by atoms with van der Waals surface area (Å²) in [6, 6.07) is 8.19. The smallest absolute Gasteiger partial charge is 0.119 e. The number of aromatic nitrogens is 1. The summed E-state index contributed by atoms with van der Waals surface area (Å²) in [6.07, 6.45) is 1.92. The van der Waals surface area contributed by atoms with E-state index >= 15 is 0 Å². The maximum atomic E-state index is 5.89. The minimum absolute atomic E-state index is 0.428. The Balaban J connectivity index is 2.01. The van der Waals surface area contributed by atoms with Gasteiger partial charge in [-0.15, -0.1) is 11.3 Å². The van der Waals surface area contributed by atoms with Gasteiger partial charge in [-0.25, -0.2) is 4.98 Å². The van der Waals surface area contributed by atoms with Crippen molar-refractivity contribution in [3.8, 4) is 5.75 Å². The highest BCUT2D eigenvalue weighted by molar-refractivity contribution is 7.09. The first-order valence-corrected chi connectivity index (χ1v) is 7.33. The van der Waals surface area contributed by atoms with Crippen LogP contribution in [0.25, 0.3) is 0 Å². The number of aryl methyl sites for hydroxylation is 1. The molecule has 2 rings (SSSR count). The monoisotopic (exact) mass is 276 g/mol. The molecule has 2 N–H and O–H groups in total. The lowest BCUT2D eigenvalue weighted by Crippen LogP contribution is -2.19. The molecule has 0 aliphatic rings. The topological polar surface area (TPSA) is 48.1 Å². The number of methoxy groups -OCH3 is 1. The normalized spacial score (nSPS) is 12.4. The zero-order valence-electron chi connectivity index (χ0n) is 11.4. The Bertz CT molecular complexity index is 524. The second-order valence-electron chi connectivity index (χ2n) is 4.74. The predicted molar refractivity (Wildman–Crippen MR) is 79.8 cm³/mol. The van der Waals surface area contributed by atoms with E-state index in [9.17, 15) is 0 Å². The third kappa shape index (κ3) is 4.04. The van der Waals surface area contributed by atoms with Crippen LogP contribution in [0.4, 0.5) is 0 Å². The average Bonchev–Trinajstić information content (AvgIpc) is 2.83. The molecule has 1 atom stereocenters. The van der Waals surface area contributed by atoms with Gasteiger partial charge in [-0.3, -0.25) is 0 Å². The van der Waals surface area contributed by atoms with Gasteiger partial charge < -0.3 is 10.5 Å². The van der Waals surface area contributed by atoms with Crippen molar-refractivity contribution in [2.75, 3.05) is 13.7 Å². The van der Waals surface area contributed by atoms with Gasteiger partial charge >= 0.3 is 0 Å². The maximum absolute atomic E-state index is 5.89. The van der Waals surface area contributed by atoms with Gasteiger partial charge in [0.15, 0.2) is 0 Å². The lowest BCUT2D eigenvalue weighted by Gasteiger charge is -2.13. The van der Waals surface area contributed by atoms with E-state index in [0.29, 0.717) is 12.5 Å². The molecular formula is C15H20N2OS. The number of thiazole rings is 1. The summed E-state index contributed by atoms with van der Waals surface area (Å²) in [5, 5.41) is 3.27. The quantitative estimate of drug-likeness (QED) is 0.882. The summed E-state index contributed by atoms with van der Waals surface area (Å²) < 4.78 is 5.25. The summed E-state index contributed by atoms with van der Waals surface area (Å²) in [5.41, 5.74) is 8.25. The van der Waals surface area contributed by atoms with Gasteiger partial charge in [0, 0.05) is 17.5 Å². The number of benzene rings is 1. The molecule has 102 valence electrons. The summed E-state index contributed by atoms with van der Waals surface area (Å²) in [7, 11) is 1.69. The Kier molecular flexibility index (Phi) is 4.93. The van der Waals surface area contributed by atoms with Crippen LogP contribution in [0, 0.1) is 12.8 Å². The third-order valence-electron chi connectivity index (χ3n) is 3.12. The number of hydrogen-bond donors (Lipinski definition) is 1. The SMILES string of the molecule is COc1cccc(CC(CN)Cc2nc(C)cs2)c1. The van der Waals surface area contributed by atoms with E-state index < -0.39 is 0 Å². The molecule has 0 aliphatic heterocycles. The van der Waals surface area contributed by atoms with Crippen molar-refractivity contribution in [3.63, 3.8) is 0 Å². The molecule has 0 spiro atoms. The second-order valence-corrected chi connectivity index (χ2v) is 5.69. The average molecular weight is 276 g/mol. The molecule has 0 amide bonds. The summed E-state index contributed by atoms with van der Waals surface area (Å²) in [4.78, 5) is 4.51. The number of rotatable bonds is 6. The van der Waals surface area contributed by atoms with Crippen LogP contribution in [0.5, 0.6) is 5.75 Å². The fraction of sp³-hybridized carbons (Fsp3) is 0.400. The van der Waals surface area contributed by atoms with Gasteiger partial charge in [-0.1, -0.05) is 12.1 Å². The van der Waals surface area contributed by atoms with E-state index in [1.165, 1.54) is 10.6 Å². The van der Waals surface area contributed by atoms with Crippen LogP contribution < -0.4 is 10.5 Å². The van der Waals surface area contributed by atoms with Crippen molar-refractivity contribution >= 4 is 11.3 Å². The van der Waals surface area contributed by atoms with Crippen molar-refractivity contribution in [1.29, 1.82) is 0 Å². The van der Waals surface area contributed by atoms with Gasteiger partial charge in [-0.2, -0.15) is 0 Å². The van der Waals surface area contributed by atoms with E-state index in [0.717, 1.165) is 24.3 Å². The molecule has 3 nitrogen and oxygen atoms in total. The molecular weight excluding hydrogens is 256 g/mol. The van der Waals surface area contributed by atoms with Crippen LogP contribution in [0.3, 0.4) is 0 Å². The van der Waals surface area contributed by atoms with Crippen molar-refractivity contribution < 1.29 is 4.74 Å². The first kappa shape index (κ1) is 14.0. The Hall–Kier alpha value is -1.39. The molecule has 1 aromatic heterocycles. The highest BCUT2D eigenvalue weighted by atomic mass is 32.1. The molecule has 1 heterocycles. The van der Waals surface area contributed by atoms with Crippen molar-refractivity contribution in [2.45, 2.75) is 19.8 Å². The molecule has 0 saturated heterocycles. The molecule has 1 unspecified atom stereocenters. The highest BCUT2D eigenvalue weighted by Gasteiger charge is 2.11. The van der Waals surface area contributed by atoms with Crippen LogP contribution in [0.2, 0.25) is 0 Å². The largest absolute Gasteiger partial charge is 0.497 e. The summed E-state index contributed by atoms with van der Waals surface area (Å²) in [5.74, 6) is 1.33. The van der Waals surface area contributed by atoms with Gasteiger partial charge in [0.2, 0.25) is 0 Å². The zero-order valence-corrected chi connectivity index (χ0v) is 12.2. The van der Waals surface area contributed by atoms with Crippen molar-refractivity contribution in [3.05, 3.63) is 45.9 Å². The van der Waals surface area contributed by atoms with Crippen LogP contribution in [-0.2, 0) is 12.8 Å². The third-order valence-corrected chi connectivity index (χ3v) is 4.11. The van der Waals surface area contributed by atoms with Crippen molar-refractivity contribution in [1.82, 2.24) is 4.98 Å². The lowest BCUT2D eigenvalue weighted by atomic mass is 9.96. The van der Waals surface area contributed by atoms with E-state index in [4.69, 9.17) is 10.5 Å². The first-order chi connectivity index (χ1) is 9.21. The van der Waals surface area contributed by atoms with Crippen LogP contribution >= 0.6 is 11.3 Å². The van der Waals surface area contributed by atoms with Gasteiger partial charge in [-0.05, 0) is 43.5 Å². The van der Waals surface area contributed by atoms with E-state index in [1.807, 2.05) is 19.1 Å². The fourth-order valence-electron chi connectivity index (χ4n) is 2.12. The van der Waals surface area contributed by atoms with Gasteiger partial charge in [0.1, 0.15) is 5.75 Å². The zero-order chi connectivity index (χ0) is 13.7. The molecule has 0 saturated carbocycles. The first-order valence-electron chi connectivity index (χ1n) is 6.45. The number of nitrogens with two attached hydrogens (primary N) is 1. The molecule has 0 bridgehead atoms. The number of nitrogens with zero attached hydrogens (tertiary/aromatic N) is 1. The Morgan fingerprint density at radius 1 is 1.37 bits per heavy atom. The Morgan fingerprint density at radius 2 is 2.21 bits per heavy atom. The minimum atomic E-state index is 0.428. The fourth-order valence-corrected chi connectivity index (χ4v) is 3.00. The predicted octanol–water partition coefficient (Wildman–Crippen LogP) is 2.82. The van der Waals surface area contributed by atoms with Crippen LogP contribution in [0.1, 0.15) is 16.3 Å². The molecule has 0 radical (unpaired) electrons. The molecule has 1 aromatic carbocycles. The molecule has 4 heteroatoms. The molecule has 0 aliphatic carbocycles. The second kappa shape index (κ2) is 6.68. The van der Waals surface area contributed by atoms with E-state index in [1.54, 1.807) is 18.4 Å². The molecule has 0 fully saturated rings.